The number of fused-ring (bicyclic) bond motifs is 1. The molecule has 0 radical (unpaired) electrons. The molecule has 0 aliphatic carbocycles. The van der Waals surface area contributed by atoms with Gasteiger partial charge in [0, 0.05) is 18.5 Å². The van der Waals surface area contributed by atoms with Gasteiger partial charge in [0.2, 0.25) is 11.8 Å². The molecule has 0 saturated carbocycles. The van der Waals surface area contributed by atoms with Crippen LogP contribution >= 0.6 is 0 Å². The number of hydrogen-bond donors (Lipinski definition) is 3. The fourth-order valence-corrected chi connectivity index (χ4v) is 4.13. The van der Waals surface area contributed by atoms with Gasteiger partial charge in [-0.15, -0.1) is 0 Å². The topological polar surface area (TPSA) is 167 Å². The number of amides is 4. The monoisotopic (exact) mass is 503 g/mol. The number of methoxy groups -OCH3 is 1. The molecule has 2 aliphatic rings. The highest BCUT2D eigenvalue weighted by atomic mass is 16.6. The lowest BCUT2D eigenvalue weighted by Gasteiger charge is -2.43. The Morgan fingerprint density at radius 3 is 2.56 bits per heavy atom. The van der Waals surface area contributed by atoms with Crippen LogP contribution in [0.3, 0.4) is 0 Å². The van der Waals surface area contributed by atoms with Crippen LogP contribution in [-0.4, -0.2) is 89.8 Å². The van der Waals surface area contributed by atoms with Gasteiger partial charge in [-0.1, -0.05) is 5.16 Å². The molecule has 3 rings (SSSR count). The summed E-state index contributed by atoms with van der Waals surface area (Å²) in [7, 11) is 2.78. The van der Waals surface area contributed by atoms with Crippen molar-refractivity contribution in [1.29, 1.82) is 0 Å². The number of carbonyl (C=O) groups is 5. The summed E-state index contributed by atoms with van der Waals surface area (Å²) in [5.74, 6) is -2.69. The molecule has 2 heterocycles. The Kier molecular flexibility index (Phi) is 8.81. The second-order valence-electron chi connectivity index (χ2n) is 8.30. The molecule has 2 aliphatic heterocycles. The van der Waals surface area contributed by atoms with Gasteiger partial charge in [-0.3, -0.25) is 29.0 Å². The molecule has 1 aromatic carbocycles. The minimum atomic E-state index is -1.17. The van der Waals surface area contributed by atoms with Crippen molar-refractivity contribution in [1.82, 2.24) is 20.7 Å². The first-order chi connectivity index (χ1) is 17.2. The maximum absolute atomic E-state index is 13.5. The van der Waals surface area contributed by atoms with Gasteiger partial charge in [0.1, 0.15) is 24.9 Å². The number of ether oxygens (including phenoxy) is 1. The number of hydrogen-bond acceptors (Lipinski definition) is 8. The van der Waals surface area contributed by atoms with Crippen LogP contribution in [0, 0.1) is 0 Å². The summed E-state index contributed by atoms with van der Waals surface area (Å²) in [6, 6.07) is 3.23. The first kappa shape index (κ1) is 26.4. The summed E-state index contributed by atoms with van der Waals surface area (Å²) < 4.78 is 5.09. The number of carboxylic acids is 1. The molecule has 0 bridgehead atoms. The second-order valence-corrected chi connectivity index (χ2v) is 8.30. The van der Waals surface area contributed by atoms with Crippen molar-refractivity contribution in [3.8, 4) is 5.75 Å². The maximum Gasteiger partial charge on any atom is 0.305 e. The molecular weight excluding hydrogens is 474 g/mol. The molecule has 0 unspecified atom stereocenters. The summed E-state index contributed by atoms with van der Waals surface area (Å²) in [5, 5.41) is 20.2. The number of carboxylic acid groups (broad SMARTS) is 1. The molecule has 194 valence electrons. The number of hydrazine groups is 1. The molecule has 4 amide bonds. The fourth-order valence-electron chi connectivity index (χ4n) is 4.13. The Morgan fingerprint density at radius 2 is 1.92 bits per heavy atom. The van der Waals surface area contributed by atoms with Gasteiger partial charge >= 0.3 is 5.97 Å². The molecule has 3 N–H and O–H groups in total. The summed E-state index contributed by atoms with van der Waals surface area (Å²) in [6.07, 6.45) is 1.48. The van der Waals surface area contributed by atoms with Crippen molar-refractivity contribution in [2.45, 2.75) is 50.2 Å². The van der Waals surface area contributed by atoms with Gasteiger partial charge in [-0.2, -0.15) is 0 Å². The van der Waals surface area contributed by atoms with Crippen molar-refractivity contribution in [2.75, 3.05) is 20.8 Å². The summed E-state index contributed by atoms with van der Waals surface area (Å²) in [5.41, 5.74) is 0.304. The van der Waals surface area contributed by atoms with Gasteiger partial charge < -0.3 is 25.3 Å². The van der Waals surface area contributed by atoms with Gasteiger partial charge in [-0.25, -0.2) is 5.01 Å². The zero-order valence-electron chi connectivity index (χ0n) is 20.0. The van der Waals surface area contributed by atoms with Crippen LogP contribution in [0.15, 0.2) is 29.4 Å². The molecule has 2 saturated heterocycles. The number of rotatable bonds is 9. The van der Waals surface area contributed by atoms with Crippen LogP contribution in [0.1, 0.15) is 42.5 Å². The Labute approximate surface area is 207 Å². The van der Waals surface area contributed by atoms with E-state index < -0.39 is 48.2 Å². The molecule has 13 nitrogen and oxygen atoms in total. The van der Waals surface area contributed by atoms with E-state index in [-0.39, 0.29) is 31.7 Å². The lowest BCUT2D eigenvalue weighted by Crippen LogP contribution is -2.64. The largest absolute Gasteiger partial charge is 0.497 e. The van der Waals surface area contributed by atoms with Crippen LogP contribution in [-0.2, 0) is 24.0 Å². The number of oxime groups is 1. The number of benzene rings is 1. The predicted molar refractivity (Wildman–Crippen MR) is 125 cm³/mol. The van der Waals surface area contributed by atoms with E-state index in [2.05, 4.69) is 20.6 Å². The molecule has 0 spiro atoms. The molecule has 3 atom stereocenters. The molecule has 13 heteroatoms. The molecular formula is C23H29N5O8. The first-order valence-corrected chi connectivity index (χ1v) is 11.4. The van der Waals surface area contributed by atoms with Crippen molar-refractivity contribution in [3.63, 3.8) is 0 Å². The molecule has 0 aromatic heterocycles. The third-order valence-electron chi connectivity index (χ3n) is 5.89. The van der Waals surface area contributed by atoms with E-state index in [0.29, 0.717) is 17.7 Å². The first-order valence-electron chi connectivity index (χ1n) is 11.4. The van der Waals surface area contributed by atoms with Crippen LogP contribution in [0.5, 0.6) is 5.75 Å². The Bertz CT molecular complexity index is 1030. The van der Waals surface area contributed by atoms with E-state index in [1.165, 1.54) is 19.2 Å². The van der Waals surface area contributed by atoms with Crippen LogP contribution in [0.25, 0.3) is 0 Å². The normalized spacial score (nSPS) is 20.8. The zero-order valence-corrected chi connectivity index (χ0v) is 20.0. The molecule has 1 aromatic rings. The number of nitrogens with zero attached hydrogens (tertiary/aromatic N) is 3. The third kappa shape index (κ3) is 6.29. The van der Waals surface area contributed by atoms with Crippen molar-refractivity contribution < 1.29 is 38.7 Å². The van der Waals surface area contributed by atoms with Crippen molar-refractivity contribution in [3.05, 3.63) is 29.8 Å². The quantitative estimate of drug-likeness (QED) is 0.311. The average Bonchev–Trinajstić information content (AvgIpc) is 2.99. The van der Waals surface area contributed by atoms with Gasteiger partial charge in [0.25, 0.3) is 11.8 Å². The smallest absolute Gasteiger partial charge is 0.305 e. The summed E-state index contributed by atoms with van der Waals surface area (Å²) in [4.78, 5) is 68.0. The highest BCUT2D eigenvalue weighted by molar-refractivity contribution is 6.00. The number of aliphatic carboxylic acids is 1. The zero-order chi connectivity index (χ0) is 26.2. The molecule has 2 fully saturated rings. The standard InChI is InChI=1S/C23H29N5O8/c1-35-16-7-5-14(6-8-16)21(32)26-17-9-10-19(29)27-11-3-4-18(28(27)23(17)34)22(33)25-15(12-20(30)31)13-24-36-2/h5-8,13,15,17-18H,3-4,9-12H2,1-2H3,(H,25,33)(H,26,32)(H,30,31)/b24-13+/t15-,17-,18-/m0/s1. The van der Waals surface area contributed by atoms with E-state index in [0.717, 1.165) is 11.2 Å². The Balaban J connectivity index is 1.80. The highest BCUT2D eigenvalue weighted by Gasteiger charge is 2.44. The van der Waals surface area contributed by atoms with Crippen LogP contribution < -0.4 is 15.4 Å². The van der Waals surface area contributed by atoms with Crippen molar-refractivity contribution >= 4 is 35.8 Å². The molecule has 36 heavy (non-hydrogen) atoms. The minimum absolute atomic E-state index is 0.00622. The van der Waals surface area contributed by atoms with E-state index in [1.54, 1.807) is 24.3 Å². The summed E-state index contributed by atoms with van der Waals surface area (Å²) >= 11 is 0. The second kappa shape index (κ2) is 12.0. The highest BCUT2D eigenvalue weighted by Crippen LogP contribution is 2.25. The lowest BCUT2D eigenvalue weighted by atomic mass is 10.0. The Hall–Kier alpha value is -4.16. The Morgan fingerprint density at radius 1 is 1.19 bits per heavy atom. The number of nitrogens with one attached hydrogen (secondary N) is 2. The van der Waals surface area contributed by atoms with Crippen LogP contribution in [0.4, 0.5) is 0 Å². The van der Waals surface area contributed by atoms with Gasteiger partial charge in [0.05, 0.1) is 25.8 Å². The van der Waals surface area contributed by atoms with Gasteiger partial charge in [-0.05, 0) is 43.5 Å². The summed E-state index contributed by atoms with van der Waals surface area (Å²) in [6.45, 7) is 0.247. The maximum atomic E-state index is 13.5. The van der Waals surface area contributed by atoms with E-state index in [1.807, 2.05) is 0 Å². The lowest BCUT2D eigenvalue weighted by molar-refractivity contribution is -0.176. The van der Waals surface area contributed by atoms with Crippen LogP contribution in [0.2, 0.25) is 0 Å². The number of carbonyl (C=O) groups excluding carboxylic acids is 4. The van der Waals surface area contributed by atoms with Gasteiger partial charge in [0.15, 0.2) is 0 Å². The third-order valence-corrected chi connectivity index (χ3v) is 5.89. The fraction of sp³-hybridized carbons (Fsp3) is 0.478. The average molecular weight is 504 g/mol. The van der Waals surface area contributed by atoms with Crippen molar-refractivity contribution in [2.24, 2.45) is 5.16 Å². The SMILES string of the molecule is CO/N=C/[C@H](CC(=O)O)NC(=O)[C@@H]1CCCN2C(=O)CC[C@H](NC(=O)c3ccc(OC)cc3)C(=O)N12. The van der Waals surface area contributed by atoms with E-state index >= 15 is 0 Å². The van der Waals surface area contributed by atoms with E-state index in [4.69, 9.17) is 9.84 Å². The van der Waals surface area contributed by atoms with E-state index in [9.17, 15) is 24.0 Å². The predicted octanol–water partition coefficient (Wildman–Crippen LogP) is -0.0863. The minimum Gasteiger partial charge on any atom is -0.497 e.